The van der Waals surface area contributed by atoms with Crippen LogP contribution in [-0.4, -0.2) is 37.9 Å². The first-order valence-electron chi connectivity index (χ1n) is 5.44. The van der Waals surface area contributed by atoms with E-state index >= 15 is 0 Å². The lowest BCUT2D eigenvalue weighted by molar-refractivity contribution is -0.179. The third-order valence-corrected chi connectivity index (χ3v) is 3.04. The molecular weight excluding hydrogens is 194 g/mol. The van der Waals surface area contributed by atoms with E-state index in [4.69, 9.17) is 9.47 Å². The van der Waals surface area contributed by atoms with Crippen LogP contribution in [0.3, 0.4) is 0 Å². The molecule has 2 saturated heterocycles. The van der Waals surface area contributed by atoms with Crippen molar-refractivity contribution >= 4 is 5.97 Å². The molecule has 2 aliphatic rings. The molecule has 1 atom stereocenters. The highest BCUT2D eigenvalue weighted by Gasteiger charge is 2.53. The van der Waals surface area contributed by atoms with Gasteiger partial charge in [0.25, 0.3) is 0 Å². The van der Waals surface area contributed by atoms with Crippen molar-refractivity contribution in [3.8, 4) is 0 Å². The smallest absolute Gasteiger partial charge is 0.311 e. The molecule has 0 aromatic heterocycles. The third-order valence-electron chi connectivity index (χ3n) is 3.04. The summed E-state index contributed by atoms with van der Waals surface area (Å²) in [6.07, 6.45) is 0. The standard InChI is InChI=1S/C11H19NO3/c1-10(2,3)15-9(13)8-4-12-5-11(8)6-14-7-11/h8,12H,4-7H2,1-3H3. The van der Waals surface area contributed by atoms with Crippen LogP contribution in [0.4, 0.5) is 0 Å². The molecule has 2 heterocycles. The molecule has 2 fully saturated rings. The van der Waals surface area contributed by atoms with E-state index in [1.54, 1.807) is 0 Å². The second-order valence-corrected chi connectivity index (χ2v) is 5.57. The Bertz CT molecular complexity index is 265. The van der Waals surface area contributed by atoms with Gasteiger partial charge in [0, 0.05) is 18.5 Å². The fourth-order valence-electron chi connectivity index (χ4n) is 2.18. The first kappa shape index (κ1) is 10.9. The summed E-state index contributed by atoms with van der Waals surface area (Å²) < 4.78 is 10.6. The van der Waals surface area contributed by atoms with Gasteiger partial charge in [-0.15, -0.1) is 0 Å². The van der Waals surface area contributed by atoms with Crippen molar-refractivity contribution in [3.05, 3.63) is 0 Å². The number of nitrogens with one attached hydrogen (secondary N) is 1. The summed E-state index contributed by atoms with van der Waals surface area (Å²) in [6, 6.07) is 0. The quantitative estimate of drug-likeness (QED) is 0.647. The molecule has 0 aromatic rings. The van der Waals surface area contributed by atoms with Crippen LogP contribution in [0.2, 0.25) is 0 Å². The van der Waals surface area contributed by atoms with Gasteiger partial charge < -0.3 is 14.8 Å². The minimum Gasteiger partial charge on any atom is -0.460 e. The molecule has 4 heteroatoms. The minimum atomic E-state index is -0.397. The summed E-state index contributed by atoms with van der Waals surface area (Å²) in [7, 11) is 0. The van der Waals surface area contributed by atoms with Gasteiger partial charge in [0.2, 0.25) is 0 Å². The molecule has 1 N–H and O–H groups in total. The van der Waals surface area contributed by atoms with Crippen LogP contribution >= 0.6 is 0 Å². The van der Waals surface area contributed by atoms with Crippen LogP contribution in [0.15, 0.2) is 0 Å². The molecule has 0 amide bonds. The maximum absolute atomic E-state index is 12.0. The third kappa shape index (κ3) is 2.01. The Kier molecular flexibility index (Phi) is 2.51. The Labute approximate surface area is 90.3 Å². The summed E-state index contributed by atoms with van der Waals surface area (Å²) in [6.45, 7) is 8.66. The second-order valence-electron chi connectivity index (χ2n) is 5.57. The molecule has 1 spiro atoms. The van der Waals surface area contributed by atoms with Gasteiger partial charge in [-0.25, -0.2) is 0 Å². The fourth-order valence-corrected chi connectivity index (χ4v) is 2.18. The van der Waals surface area contributed by atoms with Gasteiger partial charge in [0.15, 0.2) is 0 Å². The predicted octanol–water partition coefficient (Wildman–Crippen LogP) is 0.564. The van der Waals surface area contributed by atoms with E-state index in [0.717, 1.165) is 13.1 Å². The summed E-state index contributed by atoms with van der Waals surface area (Å²) in [5.74, 6) is -0.124. The lowest BCUT2D eigenvalue weighted by Gasteiger charge is -2.41. The van der Waals surface area contributed by atoms with Crippen LogP contribution < -0.4 is 5.32 Å². The van der Waals surface area contributed by atoms with Crippen LogP contribution in [0.25, 0.3) is 0 Å². The van der Waals surface area contributed by atoms with Gasteiger partial charge >= 0.3 is 5.97 Å². The van der Waals surface area contributed by atoms with E-state index in [0.29, 0.717) is 13.2 Å². The van der Waals surface area contributed by atoms with Gasteiger partial charge in [-0.1, -0.05) is 0 Å². The zero-order valence-electron chi connectivity index (χ0n) is 9.63. The van der Waals surface area contributed by atoms with Crippen LogP contribution in [0, 0.1) is 11.3 Å². The SMILES string of the molecule is CC(C)(C)OC(=O)C1CNCC12COC2. The molecule has 86 valence electrons. The number of hydrogen-bond acceptors (Lipinski definition) is 4. The number of esters is 1. The first-order valence-corrected chi connectivity index (χ1v) is 5.44. The lowest BCUT2D eigenvalue weighted by Crippen LogP contribution is -2.51. The van der Waals surface area contributed by atoms with E-state index in [2.05, 4.69) is 5.32 Å². The molecule has 4 nitrogen and oxygen atoms in total. The van der Waals surface area contributed by atoms with Crippen molar-refractivity contribution in [2.45, 2.75) is 26.4 Å². The van der Waals surface area contributed by atoms with Crippen LogP contribution in [0.1, 0.15) is 20.8 Å². The van der Waals surface area contributed by atoms with Gasteiger partial charge in [-0.2, -0.15) is 0 Å². The van der Waals surface area contributed by atoms with Gasteiger partial charge in [-0.3, -0.25) is 4.79 Å². The van der Waals surface area contributed by atoms with Crippen LogP contribution in [0.5, 0.6) is 0 Å². The highest BCUT2D eigenvalue weighted by molar-refractivity contribution is 5.75. The Morgan fingerprint density at radius 3 is 2.60 bits per heavy atom. The summed E-state index contributed by atoms with van der Waals surface area (Å²) in [4.78, 5) is 12.0. The van der Waals surface area contributed by atoms with Crippen molar-refractivity contribution in [1.82, 2.24) is 5.32 Å². The summed E-state index contributed by atoms with van der Waals surface area (Å²) in [5.41, 5.74) is -0.381. The van der Waals surface area contributed by atoms with Crippen molar-refractivity contribution in [2.24, 2.45) is 11.3 Å². The fraction of sp³-hybridized carbons (Fsp3) is 0.909. The Balaban J connectivity index is 2.01. The van der Waals surface area contributed by atoms with E-state index in [-0.39, 0.29) is 17.3 Å². The van der Waals surface area contributed by atoms with Crippen molar-refractivity contribution < 1.29 is 14.3 Å². The number of carbonyl (C=O) groups is 1. The predicted molar refractivity (Wildman–Crippen MR) is 55.5 cm³/mol. The average molecular weight is 213 g/mol. The Morgan fingerprint density at radius 1 is 1.47 bits per heavy atom. The van der Waals surface area contributed by atoms with E-state index in [1.165, 1.54) is 0 Å². The number of rotatable bonds is 1. The maximum atomic E-state index is 12.0. The average Bonchev–Trinajstić information content (AvgIpc) is 2.42. The van der Waals surface area contributed by atoms with Crippen molar-refractivity contribution in [1.29, 1.82) is 0 Å². The van der Waals surface area contributed by atoms with Crippen molar-refractivity contribution in [2.75, 3.05) is 26.3 Å². The first-order chi connectivity index (χ1) is 6.93. The number of hydrogen-bond donors (Lipinski definition) is 1. The van der Waals surface area contributed by atoms with Gasteiger partial charge in [0.1, 0.15) is 5.60 Å². The Morgan fingerprint density at radius 2 is 2.13 bits per heavy atom. The molecule has 15 heavy (non-hydrogen) atoms. The molecule has 2 rings (SSSR count). The monoisotopic (exact) mass is 213 g/mol. The molecule has 0 bridgehead atoms. The van der Waals surface area contributed by atoms with Crippen LogP contribution in [-0.2, 0) is 14.3 Å². The molecule has 0 aromatic carbocycles. The molecular formula is C11H19NO3. The Hall–Kier alpha value is -0.610. The van der Waals surface area contributed by atoms with Gasteiger partial charge in [-0.05, 0) is 20.8 Å². The highest BCUT2D eigenvalue weighted by Crippen LogP contribution is 2.39. The molecule has 0 saturated carbocycles. The zero-order valence-corrected chi connectivity index (χ0v) is 9.63. The minimum absolute atomic E-state index is 0.0162. The van der Waals surface area contributed by atoms with Crippen molar-refractivity contribution in [3.63, 3.8) is 0 Å². The molecule has 0 radical (unpaired) electrons. The number of carbonyl (C=O) groups excluding carboxylic acids is 1. The van der Waals surface area contributed by atoms with E-state index in [1.807, 2.05) is 20.8 Å². The largest absolute Gasteiger partial charge is 0.460 e. The topological polar surface area (TPSA) is 47.6 Å². The highest BCUT2D eigenvalue weighted by atomic mass is 16.6. The molecule has 1 unspecified atom stereocenters. The lowest BCUT2D eigenvalue weighted by atomic mass is 9.76. The molecule has 0 aliphatic carbocycles. The summed E-state index contributed by atoms with van der Waals surface area (Å²) in [5, 5.41) is 3.25. The van der Waals surface area contributed by atoms with Gasteiger partial charge in [0.05, 0.1) is 19.1 Å². The number of ether oxygens (including phenoxy) is 2. The molecule has 2 aliphatic heterocycles. The zero-order chi connectivity index (χ0) is 11.1. The van der Waals surface area contributed by atoms with E-state index < -0.39 is 5.60 Å². The maximum Gasteiger partial charge on any atom is 0.311 e. The second kappa shape index (κ2) is 3.46. The normalized spacial score (nSPS) is 28.9. The van der Waals surface area contributed by atoms with E-state index in [9.17, 15) is 4.79 Å². The summed E-state index contributed by atoms with van der Waals surface area (Å²) >= 11 is 0.